The summed E-state index contributed by atoms with van der Waals surface area (Å²) in [6, 6.07) is 21.3. The SMILES string of the molecule is Cc1ccc(CN(C(=O)CN(c2cccc(Cl)c2)S(=O)(=O)c2ccccc2)[C@H](C)C(=O)NC2CCCC2)cc1. The highest BCUT2D eigenvalue weighted by Gasteiger charge is 2.33. The summed E-state index contributed by atoms with van der Waals surface area (Å²) in [7, 11) is -4.12. The van der Waals surface area contributed by atoms with Gasteiger partial charge in [-0.15, -0.1) is 0 Å². The fourth-order valence-corrected chi connectivity index (χ4v) is 6.36. The molecule has 2 amide bonds. The van der Waals surface area contributed by atoms with Crippen LogP contribution in [0.15, 0.2) is 83.8 Å². The van der Waals surface area contributed by atoms with Crippen LogP contribution in [0, 0.1) is 6.92 Å². The van der Waals surface area contributed by atoms with Gasteiger partial charge in [0.2, 0.25) is 11.8 Å². The zero-order valence-electron chi connectivity index (χ0n) is 22.2. The molecule has 4 rings (SSSR count). The Balaban J connectivity index is 1.67. The molecule has 0 aliphatic heterocycles. The van der Waals surface area contributed by atoms with E-state index < -0.39 is 28.5 Å². The fraction of sp³-hybridized carbons (Fsp3) is 0.333. The Morgan fingerprint density at radius 1 is 0.974 bits per heavy atom. The molecule has 1 N–H and O–H groups in total. The molecule has 0 spiro atoms. The number of nitrogens with one attached hydrogen (secondary N) is 1. The number of aryl methyl sites for hydroxylation is 1. The van der Waals surface area contributed by atoms with Crippen LogP contribution in [-0.2, 0) is 26.2 Å². The Kier molecular flexibility index (Phi) is 9.30. The normalized spacial score (nSPS) is 14.5. The summed E-state index contributed by atoms with van der Waals surface area (Å²) >= 11 is 6.21. The zero-order chi connectivity index (χ0) is 28.0. The molecule has 39 heavy (non-hydrogen) atoms. The minimum absolute atomic E-state index is 0.0508. The third kappa shape index (κ3) is 7.19. The first-order valence-electron chi connectivity index (χ1n) is 13.1. The van der Waals surface area contributed by atoms with E-state index in [1.165, 1.54) is 23.1 Å². The maximum absolute atomic E-state index is 14.0. The first-order chi connectivity index (χ1) is 18.6. The Morgan fingerprint density at radius 2 is 1.64 bits per heavy atom. The van der Waals surface area contributed by atoms with Gasteiger partial charge in [-0.05, 0) is 62.6 Å². The lowest BCUT2D eigenvalue weighted by atomic mass is 10.1. The quantitative estimate of drug-likeness (QED) is 0.359. The molecule has 1 saturated carbocycles. The van der Waals surface area contributed by atoms with Gasteiger partial charge in [0.25, 0.3) is 10.0 Å². The Morgan fingerprint density at radius 3 is 2.28 bits per heavy atom. The smallest absolute Gasteiger partial charge is 0.264 e. The van der Waals surface area contributed by atoms with Crippen LogP contribution in [-0.4, -0.2) is 43.8 Å². The van der Waals surface area contributed by atoms with Gasteiger partial charge in [-0.25, -0.2) is 8.42 Å². The lowest BCUT2D eigenvalue weighted by Gasteiger charge is -2.32. The van der Waals surface area contributed by atoms with Crippen LogP contribution in [0.3, 0.4) is 0 Å². The predicted molar refractivity (Wildman–Crippen MR) is 154 cm³/mol. The Labute approximate surface area is 235 Å². The molecule has 3 aromatic rings. The van der Waals surface area contributed by atoms with E-state index in [-0.39, 0.29) is 29.1 Å². The summed E-state index contributed by atoms with van der Waals surface area (Å²) in [4.78, 5) is 28.7. The number of anilines is 1. The van der Waals surface area contributed by atoms with Crippen molar-refractivity contribution in [2.75, 3.05) is 10.8 Å². The van der Waals surface area contributed by atoms with Gasteiger partial charge in [-0.3, -0.25) is 13.9 Å². The monoisotopic (exact) mass is 567 g/mol. The zero-order valence-corrected chi connectivity index (χ0v) is 23.8. The van der Waals surface area contributed by atoms with Crippen molar-refractivity contribution in [3.8, 4) is 0 Å². The van der Waals surface area contributed by atoms with Crippen LogP contribution in [0.25, 0.3) is 0 Å². The number of carbonyl (C=O) groups is 2. The summed E-state index contributed by atoms with van der Waals surface area (Å²) in [5.41, 5.74) is 2.18. The maximum atomic E-state index is 14.0. The third-order valence-corrected chi connectivity index (χ3v) is 9.07. The molecule has 9 heteroatoms. The van der Waals surface area contributed by atoms with Crippen LogP contribution >= 0.6 is 11.6 Å². The Hall–Kier alpha value is -3.36. The molecule has 0 bridgehead atoms. The standard InChI is InChI=1S/C30H34ClN3O4S/c1-22-15-17-24(18-16-22)20-33(23(2)30(36)32-26-10-6-7-11-26)29(35)21-34(27-12-8-9-25(31)19-27)39(37,38)28-13-4-3-5-14-28/h3-5,8-9,12-19,23,26H,6-7,10-11,20-21H2,1-2H3,(H,32,36)/t23-/m1/s1. The van der Waals surface area contributed by atoms with Gasteiger partial charge in [0, 0.05) is 17.6 Å². The first-order valence-corrected chi connectivity index (χ1v) is 15.0. The number of carbonyl (C=O) groups excluding carboxylic acids is 2. The first kappa shape index (κ1) is 28.6. The molecule has 206 valence electrons. The fourth-order valence-electron chi connectivity index (χ4n) is 4.74. The molecule has 1 aliphatic rings. The number of hydrogen-bond donors (Lipinski definition) is 1. The van der Waals surface area contributed by atoms with Crippen molar-refractivity contribution in [3.05, 3.63) is 95.0 Å². The number of amides is 2. The minimum atomic E-state index is -4.12. The van der Waals surface area contributed by atoms with Crippen LogP contribution in [0.1, 0.15) is 43.7 Å². The van der Waals surface area contributed by atoms with Gasteiger partial charge < -0.3 is 10.2 Å². The highest BCUT2D eigenvalue weighted by molar-refractivity contribution is 7.92. The largest absolute Gasteiger partial charge is 0.352 e. The molecule has 0 heterocycles. The molecule has 0 saturated heterocycles. The molecule has 0 unspecified atom stereocenters. The average molecular weight is 568 g/mol. The highest BCUT2D eigenvalue weighted by Crippen LogP contribution is 2.27. The number of sulfonamides is 1. The van der Waals surface area contributed by atoms with E-state index in [0.29, 0.717) is 5.02 Å². The van der Waals surface area contributed by atoms with Crippen molar-refractivity contribution in [1.29, 1.82) is 0 Å². The molecule has 0 aromatic heterocycles. The Bertz CT molecular complexity index is 1390. The molecular formula is C30H34ClN3O4S. The van der Waals surface area contributed by atoms with E-state index in [0.717, 1.165) is 41.1 Å². The number of halogens is 1. The molecule has 7 nitrogen and oxygen atoms in total. The van der Waals surface area contributed by atoms with E-state index in [1.807, 2.05) is 31.2 Å². The second kappa shape index (κ2) is 12.7. The van der Waals surface area contributed by atoms with Crippen LogP contribution in [0.2, 0.25) is 5.02 Å². The van der Waals surface area contributed by atoms with E-state index >= 15 is 0 Å². The summed E-state index contributed by atoms with van der Waals surface area (Å²) in [6.07, 6.45) is 3.97. The topological polar surface area (TPSA) is 86.8 Å². The van der Waals surface area contributed by atoms with Crippen LogP contribution < -0.4 is 9.62 Å². The number of hydrogen-bond acceptors (Lipinski definition) is 4. The van der Waals surface area contributed by atoms with Crippen molar-refractivity contribution in [3.63, 3.8) is 0 Å². The van der Waals surface area contributed by atoms with Crippen LogP contribution in [0.4, 0.5) is 5.69 Å². The van der Waals surface area contributed by atoms with Gasteiger partial charge in [0.15, 0.2) is 0 Å². The van der Waals surface area contributed by atoms with E-state index in [4.69, 9.17) is 11.6 Å². The molecular weight excluding hydrogens is 534 g/mol. The second-order valence-corrected chi connectivity index (χ2v) is 12.3. The highest BCUT2D eigenvalue weighted by atomic mass is 35.5. The van der Waals surface area contributed by atoms with Gasteiger partial charge in [-0.1, -0.05) is 78.5 Å². The minimum Gasteiger partial charge on any atom is -0.352 e. The summed E-state index contributed by atoms with van der Waals surface area (Å²) in [5, 5.41) is 3.42. The third-order valence-electron chi connectivity index (χ3n) is 7.05. The van der Waals surface area contributed by atoms with E-state index in [9.17, 15) is 18.0 Å². The summed E-state index contributed by atoms with van der Waals surface area (Å²) < 4.78 is 28.6. The number of nitrogens with zero attached hydrogens (tertiary/aromatic N) is 2. The lowest BCUT2D eigenvalue weighted by molar-refractivity contribution is -0.139. The van der Waals surface area contributed by atoms with Crippen LogP contribution in [0.5, 0.6) is 0 Å². The van der Waals surface area contributed by atoms with Gasteiger partial charge in [0.1, 0.15) is 12.6 Å². The lowest BCUT2D eigenvalue weighted by Crippen LogP contribution is -2.52. The average Bonchev–Trinajstić information content (AvgIpc) is 3.44. The summed E-state index contributed by atoms with van der Waals surface area (Å²) in [6.45, 7) is 3.32. The van der Waals surface area contributed by atoms with Gasteiger partial charge in [-0.2, -0.15) is 0 Å². The molecule has 1 atom stereocenters. The van der Waals surface area contributed by atoms with Crippen molar-refractivity contribution < 1.29 is 18.0 Å². The number of benzene rings is 3. The van der Waals surface area contributed by atoms with Gasteiger partial charge >= 0.3 is 0 Å². The molecule has 0 radical (unpaired) electrons. The van der Waals surface area contributed by atoms with Crippen molar-refractivity contribution in [2.45, 2.75) is 63.1 Å². The van der Waals surface area contributed by atoms with Gasteiger partial charge in [0.05, 0.1) is 10.6 Å². The summed E-state index contributed by atoms with van der Waals surface area (Å²) in [5.74, 6) is -0.744. The van der Waals surface area contributed by atoms with Crippen molar-refractivity contribution >= 4 is 39.1 Å². The molecule has 3 aromatic carbocycles. The second-order valence-electron chi connectivity index (χ2n) is 9.98. The maximum Gasteiger partial charge on any atom is 0.264 e. The van der Waals surface area contributed by atoms with Crippen molar-refractivity contribution in [1.82, 2.24) is 10.2 Å². The van der Waals surface area contributed by atoms with E-state index in [1.54, 1.807) is 43.3 Å². The van der Waals surface area contributed by atoms with Crippen molar-refractivity contribution in [2.24, 2.45) is 0 Å². The predicted octanol–water partition coefficient (Wildman–Crippen LogP) is 5.32. The molecule has 1 fully saturated rings. The van der Waals surface area contributed by atoms with E-state index in [2.05, 4.69) is 5.32 Å². The number of rotatable bonds is 10. The molecule has 1 aliphatic carbocycles.